The van der Waals surface area contributed by atoms with Crippen LogP contribution < -0.4 is 5.43 Å². The Bertz CT molecular complexity index is 591. The van der Waals surface area contributed by atoms with E-state index in [4.69, 9.17) is 11.6 Å². The Morgan fingerprint density at radius 2 is 2.12 bits per heavy atom. The molecule has 2 aromatic rings. The summed E-state index contributed by atoms with van der Waals surface area (Å²) in [6.07, 6.45) is 1.63. The molecule has 4 heteroatoms. The number of pyridine rings is 1. The third-order valence-electron chi connectivity index (χ3n) is 2.43. The molecule has 0 fully saturated rings. The van der Waals surface area contributed by atoms with Gasteiger partial charge in [-0.05, 0) is 18.6 Å². The highest BCUT2D eigenvalue weighted by Gasteiger charge is 2.07. The van der Waals surface area contributed by atoms with Crippen molar-refractivity contribution in [2.24, 2.45) is 0 Å². The second kappa shape index (κ2) is 4.26. The Labute approximate surface area is 97.1 Å². The standard InChI is InChI=1S/C12H11ClFNO/c1-2-3-8-6-11(16)9-4-7(13)5-10(14)12(9)15-8/h4-6H,2-3H2,1H3,(H,15,16). The molecule has 2 nitrogen and oxygen atoms in total. The monoisotopic (exact) mass is 239 g/mol. The largest absolute Gasteiger partial charge is 0.356 e. The third-order valence-corrected chi connectivity index (χ3v) is 2.65. The molecule has 0 aliphatic rings. The Kier molecular flexibility index (Phi) is 2.97. The zero-order valence-corrected chi connectivity index (χ0v) is 9.57. The molecule has 0 radical (unpaired) electrons. The van der Waals surface area contributed by atoms with Crippen LogP contribution in [-0.4, -0.2) is 4.98 Å². The van der Waals surface area contributed by atoms with E-state index in [-0.39, 0.29) is 16.0 Å². The van der Waals surface area contributed by atoms with Crippen LogP contribution in [0.1, 0.15) is 19.0 Å². The Morgan fingerprint density at radius 1 is 1.38 bits per heavy atom. The second-order valence-electron chi connectivity index (χ2n) is 3.72. The van der Waals surface area contributed by atoms with Crippen LogP contribution in [0.4, 0.5) is 4.39 Å². The van der Waals surface area contributed by atoms with Crippen LogP contribution in [0.15, 0.2) is 23.0 Å². The SMILES string of the molecule is CCCc1cc(=O)c2cc(Cl)cc(F)c2[nH]1. The summed E-state index contributed by atoms with van der Waals surface area (Å²) >= 11 is 5.70. The van der Waals surface area contributed by atoms with Gasteiger partial charge < -0.3 is 4.98 Å². The number of aryl methyl sites for hydroxylation is 1. The van der Waals surface area contributed by atoms with Crippen molar-refractivity contribution in [3.05, 3.63) is 45.0 Å². The quantitative estimate of drug-likeness (QED) is 0.857. The summed E-state index contributed by atoms with van der Waals surface area (Å²) in [6, 6.07) is 4.19. The minimum Gasteiger partial charge on any atom is -0.356 e. The molecule has 84 valence electrons. The van der Waals surface area contributed by atoms with E-state index in [1.165, 1.54) is 18.2 Å². The summed E-state index contributed by atoms with van der Waals surface area (Å²) in [5, 5.41) is 0.531. The smallest absolute Gasteiger partial charge is 0.189 e. The van der Waals surface area contributed by atoms with Gasteiger partial charge in [-0.3, -0.25) is 4.79 Å². The van der Waals surface area contributed by atoms with E-state index in [0.717, 1.165) is 18.5 Å². The minimum absolute atomic E-state index is 0.196. The number of aromatic amines is 1. The fraction of sp³-hybridized carbons (Fsp3) is 0.250. The van der Waals surface area contributed by atoms with Crippen LogP contribution in [0, 0.1) is 5.82 Å². The van der Waals surface area contributed by atoms with Crippen molar-refractivity contribution in [1.29, 1.82) is 0 Å². The predicted octanol–water partition coefficient (Wildman–Crippen LogP) is 3.27. The summed E-state index contributed by atoms with van der Waals surface area (Å²) in [5.74, 6) is -0.488. The number of H-pyrrole nitrogens is 1. The number of nitrogens with one attached hydrogen (secondary N) is 1. The fourth-order valence-electron chi connectivity index (χ4n) is 1.73. The van der Waals surface area contributed by atoms with Gasteiger partial charge in [0.15, 0.2) is 5.43 Å². The average molecular weight is 240 g/mol. The van der Waals surface area contributed by atoms with Crippen molar-refractivity contribution in [2.75, 3.05) is 0 Å². The molecule has 1 aromatic carbocycles. The molecule has 0 atom stereocenters. The molecule has 1 aromatic heterocycles. The van der Waals surface area contributed by atoms with Crippen molar-refractivity contribution in [3.8, 4) is 0 Å². The van der Waals surface area contributed by atoms with E-state index in [1.807, 2.05) is 6.92 Å². The highest BCUT2D eigenvalue weighted by molar-refractivity contribution is 6.31. The maximum absolute atomic E-state index is 13.6. The first-order chi connectivity index (χ1) is 7.61. The Balaban J connectivity index is 2.77. The van der Waals surface area contributed by atoms with Crippen molar-refractivity contribution in [3.63, 3.8) is 0 Å². The summed E-state index contributed by atoms with van der Waals surface area (Å²) in [7, 11) is 0. The highest BCUT2D eigenvalue weighted by atomic mass is 35.5. The number of aromatic nitrogens is 1. The topological polar surface area (TPSA) is 32.9 Å². The van der Waals surface area contributed by atoms with Crippen LogP contribution in [0.3, 0.4) is 0 Å². The maximum Gasteiger partial charge on any atom is 0.189 e. The summed E-state index contributed by atoms with van der Waals surface area (Å²) in [5.41, 5.74) is 0.792. The minimum atomic E-state index is -0.488. The Hall–Kier alpha value is -1.35. The van der Waals surface area contributed by atoms with Gasteiger partial charge in [0.2, 0.25) is 0 Å². The molecule has 0 saturated carbocycles. The zero-order chi connectivity index (χ0) is 11.7. The van der Waals surface area contributed by atoms with Gasteiger partial charge in [-0.25, -0.2) is 4.39 Å². The zero-order valence-electron chi connectivity index (χ0n) is 8.81. The van der Waals surface area contributed by atoms with E-state index in [9.17, 15) is 9.18 Å². The second-order valence-corrected chi connectivity index (χ2v) is 4.16. The first kappa shape index (κ1) is 11.1. The van der Waals surface area contributed by atoms with Crippen molar-refractivity contribution < 1.29 is 4.39 Å². The van der Waals surface area contributed by atoms with Crippen LogP contribution in [0.5, 0.6) is 0 Å². The van der Waals surface area contributed by atoms with E-state index in [1.54, 1.807) is 0 Å². The number of hydrogen-bond donors (Lipinski definition) is 1. The van der Waals surface area contributed by atoms with Crippen LogP contribution >= 0.6 is 11.6 Å². The molecule has 0 amide bonds. The van der Waals surface area contributed by atoms with E-state index in [2.05, 4.69) is 4.98 Å². The van der Waals surface area contributed by atoms with Crippen molar-refractivity contribution >= 4 is 22.5 Å². The molecule has 0 spiro atoms. The van der Waals surface area contributed by atoms with Gasteiger partial charge in [-0.2, -0.15) is 0 Å². The molecule has 0 bridgehead atoms. The summed E-state index contributed by atoms with van der Waals surface area (Å²) in [6.45, 7) is 2.00. The first-order valence-corrected chi connectivity index (χ1v) is 5.50. The first-order valence-electron chi connectivity index (χ1n) is 5.12. The lowest BCUT2D eigenvalue weighted by molar-refractivity contribution is 0.636. The van der Waals surface area contributed by atoms with Gasteiger partial charge in [-0.1, -0.05) is 24.9 Å². The summed E-state index contributed by atoms with van der Waals surface area (Å²) < 4.78 is 13.6. The molecule has 16 heavy (non-hydrogen) atoms. The number of fused-ring (bicyclic) bond motifs is 1. The molecule has 0 aliphatic carbocycles. The van der Waals surface area contributed by atoms with Gasteiger partial charge in [0.05, 0.1) is 5.52 Å². The highest BCUT2D eigenvalue weighted by Crippen LogP contribution is 2.19. The fourth-order valence-corrected chi connectivity index (χ4v) is 1.94. The average Bonchev–Trinajstić information content (AvgIpc) is 2.20. The molecule has 0 aliphatic heterocycles. The predicted molar refractivity (Wildman–Crippen MR) is 63.5 cm³/mol. The maximum atomic E-state index is 13.6. The number of benzene rings is 1. The summed E-state index contributed by atoms with van der Waals surface area (Å²) in [4.78, 5) is 14.7. The van der Waals surface area contributed by atoms with Crippen molar-refractivity contribution in [1.82, 2.24) is 4.98 Å². The third kappa shape index (κ3) is 1.95. The Morgan fingerprint density at radius 3 is 2.81 bits per heavy atom. The number of rotatable bonds is 2. The lowest BCUT2D eigenvalue weighted by Gasteiger charge is -2.04. The van der Waals surface area contributed by atoms with Gasteiger partial charge in [0.25, 0.3) is 0 Å². The van der Waals surface area contributed by atoms with Crippen LogP contribution in [0.2, 0.25) is 5.02 Å². The molecular formula is C12H11ClFNO. The molecule has 2 rings (SSSR count). The number of halogens is 2. The number of hydrogen-bond acceptors (Lipinski definition) is 1. The van der Waals surface area contributed by atoms with Gasteiger partial charge in [-0.15, -0.1) is 0 Å². The van der Waals surface area contributed by atoms with Gasteiger partial charge in [0, 0.05) is 22.2 Å². The van der Waals surface area contributed by atoms with Gasteiger partial charge >= 0.3 is 0 Å². The molecular weight excluding hydrogens is 229 g/mol. The molecule has 0 saturated heterocycles. The van der Waals surface area contributed by atoms with Crippen molar-refractivity contribution in [2.45, 2.75) is 19.8 Å². The molecule has 0 unspecified atom stereocenters. The van der Waals surface area contributed by atoms with E-state index < -0.39 is 5.82 Å². The lowest BCUT2D eigenvalue weighted by Crippen LogP contribution is -2.06. The van der Waals surface area contributed by atoms with Crippen LogP contribution in [0.25, 0.3) is 10.9 Å². The lowest BCUT2D eigenvalue weighted by atomic mass is 10.1. The van der Waals surface area contributed by atoms with Gasteiger partial charge in [0.1, 0.15) is 5.82 Å². The normalized spacial score (nSPS) is 10.9. The van der Waals surface area contributed by atoms with E-state index in [0.29, 0.717) is 5.39 Å². The molecule has 1 N–H and O–H groups in total. The van der Waals surface area contributed by atoms with E-state index >= 15 is 0 Å². The molecule has 1 heterocycles. The van der Waals surface area contributed by atoms with Crippen LogP contribution in [-0.2, 0) is 6.42 Å².